The van der Waals surface area contributed by atoms with E-state index in [2.05, 4.69) is 6.92 Å². The van der Waals surface area contributed by atoms with Crippen molar-refractivity contribution >= 4 is 8.80 Å². The summed E-state index contributed by atoms with van der Waals surface area (Å²) in [4.78, 5) is 0. The van der Waals surface area contributed by atoms with Crippen LogP contribution in [0.3, 0.4) is 0 Å². The molecule has 0 aliphatic carbocycles. The number of hydrogen-bond acceptors (Lipinski definition) is 5. The Balaban J connectivity index is 2.19. The largest absolute Gasteiger partial charge is 0.500 e. The molecule has 6 heteroatoms. The summed E-state index contributed by atoms with van der Waals surface area (Å²) in [5, 5.41) is 0. The maximum Gasteiger partial charge on any atom is 0.500 e. The lowest BCUT2D eigenvalue weighted by Crippen LogP contribution is -2.43. The molecule has 0 N–H and O–H groups in total. The van der Waals surface area contributed by atoms with Crippen molar-refractivity contribution in [1.29, 1.82) is 0 Å². The van der Waals surface area contributed by atoms with E-state index >= 15 is 0 Å². The van der Waals surface area contributed by atoms with Gasteiger partial charge in [-0.25, -0.2) is 0 Å². The quantitative estimate of drug-likeness (QED) is 0.451. The lowest BCUT2D eigenvalue weighted by atomic mass is 10.1. The van der Waals surface area contributed by atoms with E-state index in [1.165, 1.54) is 0 Å². The molecule has 1 heterocycles. The van der Waals surface area contributed by atoms with Crippen LogP contribution in [-0.2, 0) is 22.8 Å². The smallest absolute Gasteiger partial charge is 0.377 e. The second-order valence-electron chi connectivity index (χ2n) is 4.41. The second-order valence-corrected chi connectivity index (χ2v) is 7.51. The van der Waals surface area contributed by atoms with Gasteiger partial charge in [-0.2, -0.15) is 0 Å². The van der Waals surface area contributed by atoms with Crippen molar-refractivity contribution in [2.45, 2.75) is 44.4 Å². The maximum absolute atomic E-state index is 5.85. The molecule has 1 aliphatic rings. The first kappa shape index (κ1) is 16.1. The maximum atomic E-state index is 5.85. The van der Waals surface area contributed by atoms with Crippen LogP contribution in [-0.4, -0.2) is 55.6 Å². The van der Waals surface area contributed by atoms with Crippen LogP contribution in [0.5, 0.6) is 0 Å². The van der Waals surface area contributed by atoms with E-state index in [4.69, 9.17) is 22.8 Å². The standard InChI is InChI=1S/C12H26O5Si/c1-5-11(12-7-9-17-12)16-8-6-10-18(13-2,14-3)15-4/h11-12H,5-10H2,1-4H3. The molecule has 1 aliphatic heterocycles. The van der Waals surface area contributed by atoms with Crippen molar-refractivity contribution < 1.29 is 22.8 Å². The summed E-state index contributed by atoms with van der Waals surface area (Å²) in [5.74, 6) is 0. The van der Waals surface area contributed by atoms with Crippen LogP contribution in [0.4, 0.5) is 0 Å². The molecule has 0 radical (unpaired) electrons. The Labute approximate surface area is 111 Å². The van der Waals surface area contributed by atoms with Crippen molar-refractivity contribution in [2.75, 3.05) is 34.5 Å². The lowest BCUT2D eigenvalue weighted by Gasteiger charge is -2.33. The molecule has 108 valence electrons. The average molecular weight is 278 g/mol. The summed E-state index contributed by atoms with van der Waals surface area (Å²) in [7, 11) is 2.48. The first-order valence-electron chi connectivity index (χ1n) is 6.60. The monoisotopic (exact) mass is 278 g/mol. The van der Waals surface area contributed by atoms with Crippen LogP contribution in [0.25, 0.3) is 0 Å². The van der Waals surface area contributed by atoms with Crippen LogP contribution in [0.15, 0.2) is 0 Å². The van der Waals surface area contributed by atoms with Gasteiger partial charge in [-0.05, 0) is 19.3 Å². The minimum absolute atomic E-state index is 0.224. The van der Waals surface area contributed by atoms with E-state index in [0.29, 0.717) is 12.7 Å². The summed E-state index contributed by atoms with van der Waals surface area (Å²) >= 11 is 0. The molecule has 2 atom stereocenters. The predicted molar refractivity (Wildman–Crippen MR) is 70.6 cm³/mol. The molecule has 0 bridgehead atoms. The van der Waals surface area contributed by atoms with Crippen LogP contribution < -0.4 is 0 Å². The van der Waals surface area contributed by atoms with Crippen LogP contribution in [0.2, 0.25) is 6.04 Å². The second kappa shape index (κ2) is 8.24. The molecule has 1 rings (SSSR count). The molecule has 0 spiro atoms. The van der Waals surface area contributed by atoms with Gasteiger partial charge < -0.3 is 22.8 Å². The Morgan fingerprint density at radius 2 is 1.83 bits per heavy atom. The van der Waals surface area contributed by atoms with Crippen molar-refractivity contribution in [3.05, 3.63) is 0 Å². The molecule has 5 nitrogen and oxygen atoms in total. The Morgan fingerprint density at radius 1 is 1.22 bits per heavy atom. The molecule has 0 saturated carbocycles. The predicted octanol–water partition coefficient (Wildman–Crippen LogP) is 1.84. The van der Waals surface area contributed by atoms with E-state index in [1.807, 2.05) is 0 Å². The Hall–Kier alpha value is 0.0169. The minimum Gasteiger partial charge on any atom is -0.377 e. The third kappa shape index (κ3) is 4.29. The highest BCUT2D eigenvalue weighted by atomic mass is 28.4. The fourth-order valence-electron chi connectivity index (χ4n) is 2.11. The van der Waals surface area contributed by atoms with Gasteiger partial charge in [0.15, 0.2) is 0 Å². The zero-order chi connectivity index (χ0) is 13.4. The summed E-state index contributed by atoms with van der Waals surface area (Å²) in [6, 6.07) is 0.776. The highest BCUT2D eigenvalue weighted by Gasteiger charge is 2.37. The molecule has 2 unspecified atom stereocenters. The zero-order valence-corrected chi connectivity index (χ0v) is 12.9. The fourth-order valence-corrected chi connectivity index (χ4v) is 3.80. The third-order valence-electron chi connectivity index (χ3n) is 3.44. The van der Waals surface area contributed by atoms with Gasteiger partial charge in [0, 0.05) is 40.6 Å². The average Bonchev–Trinajstić information content (AvgIpc) is 2.36. The fraction of sp³-hybridized carbons (Fsp3) is 1.00. The van der Waals surface area contributed by atoms with Crippen LogP contribution >= 0.6 is 0 Å². The van der Waals surface area contributed by atoms with Gasteiger partial charge in [0.2, 0.25) is 0 Å². The first-order valence-corrected chi connectivity index (χ1v) is 8.53. The van der Waals surface area contributed by atoms with Gasteiger partial charge in [-0.3, -0.25) is 0 Å². The van der Waals surface area contributed by atoms with Crippen molar-refractivity contribution in [3.63, 3.8) is 0 Å². The molecule has 18 heavy (non-hydrogen) atoms. The van der Waals surface area contributed by atoms with E-state index < -0.39 is 8.80 Å². The lowest BCUT2D eigenvalue weighted by molar-refractivity contribution is -0.138. The van der Waals surface area contributed by atoms with Gasteiger partial charge in [-0.15, -0.1) is 0 Å². The molecule has 0 aromatic heterocycles. The molecule has 0 aromatic carbocycles. The SMILES string of the molecule is CCC(OCCC[Si](OC)(OC)OC)C1CCO1. The number of ether oxygens (including phenoxy) is 2. The topological polar surface area (TPSA) is 46.2 Å². The van der Waals surface area contributed by atoms with E-state index in [-0.39, 0.29) is 6.10 Å². The number of rotatable bonds is 10. The van der Waals surface area contributed by atoms with Gasteiger partial charge in [0.05, 0.1) is 12.2 Å². The Morgan fingerprint density at radius 3 is 2.22 bits per heavy atom. The van der Waals surface area contributed by atoms with Gasteiger partial charge in [0.25, 0.3) is 0 Å². The van der Waals surface area contributed by atoms with Gasteiger partial charge in [0.1, 0.15) is 0 Å². The van der Waals surface area contributed by atoms with Crippen LogP contribution in [0.1, 0.15) is 26.2 Å². The van der Waals surface area contributed by atoms with Gasteiger partial charge >= 0.3 is 8.80 Å². The van der Waals surface area contributed by atoms with E-state index in [9.17, 15) is 0 Å². The van der Waals surface area contributed by atoms with Crippen molar-refractivity contribution in [3.8, 4) is 0 Å². The Kier molecular flexibility index (Phi) is 7.36. The van der Waals surface area contributed by atoms with Gasteiger partial charge in [-0.1, -0.05) is 6.92 Å². The summed E-state index contributed by atoms with van der Waals surface area (Å²) in [6.45, 7) is 3.70. The molecule has 1 saturated heterocycles. The molecular weight excluding hydrogens is 252 g/mol. The number of hydrogen-bond donors (Lipinski definition) is 0. The molecule has 0 amide bonds. The van der Waals surface area contributed by atoms with Crippen molar-refractivity contribution in [2.24, 2.45) is 0 Å². The summed E-state index contributed by atoms with van der Waals surface area (Å²) in [5.41, 5.74) is 0. The minimum atomic E-state index is -2.43. The van der Waals surface area contributed by atoms with E-state index in [0.717, 1.165) is 31.9 Å². The molecule has 0 aromatic rings. The highest BCUT2D eigenvalue weighted by Crippen LogP contribution is 2.21. The van der Waals surface area contributed by atoms with Crippen LogP contribution in [0, 0.1) is 0 Å². The molecule has 1 fully saturated rings. The molecular formula is C12H26O5Si. The highest BCUT2D eigenvalue weighted by molar-refractivity contribution is 6.60. The summed E-state index contributed by atoms with van der Waals surface area (Å²) in [6.07, 6.45) is 3.51. The van der Waals surface area contributed by atoms with E-state index in [1.54, 1.807) is 21.3 Å². The first-order chi connectivity index (χ1) is 8.71. The summed E-state index contributed by atoms with van der Waals surface area (Å²) < 4.78 is 27.4. The third-order valence-corrected chi connectivity index (χ3v) is 6.28. The normalized spacial score (nSPS) is 21.7. The van der Waals surface area contributed by atoms with Crippen molar-refractivity contribution in [1.82, 2.24) is 0 Å². The zero-order valence-electron chi connectivity index (χ0n) is 11.9. The Bertz CT molecular complexity index is 210.